The monoisotopic (exact) mass is 600 g/mol. The zero-order valence-electron chi connectivity index (χ0n) is 22.9. The maximum atomic E-state index is 13.9. The number of sulfonamides is 1. The van der Waals surface area contributed by atoms with E-state index < -0.39 is 22.0 Å². The molecule has 0 unspecified atom stereocenters. The molecule has 12 nitrogen and oxygen atoms in total. The summed E-state index contributed by atoms with van der Waals surface area (Å²) < 4.78 is 30.8. The second-order valence-corrected chi connectivity index (χ2v) is 11.7. The third-order valence-electron chi connectivity index (χ3n) is 6.70. The summed E-state index contributed by atoms with van der Waals surface area (Å²) in [4.78, 5) is 17.8. The van der Waals surface area contributed by atoms with Crippen molar-refractivity contribution in [3.05, 3.63) is 82.4 Å². The molecule has 2 aromatic carbocycles. The number of unbranched alkanes of at least 4 members (excludes halogenated alkanes) is 1. The van der Waals surface area contributed by atoms with Crippen molar-refractivity contribution in [1.29, 1.82) is 0 Å². The van der Waals surface area contributed by atoms with E-state index in [4.69, 9.17) is 11.6 Å². The number of nitrogens with one attached hydrogen (secondary N) is 2. The molecule has 1 amide bonds. The predicted molar refractivity (Wildman–Crippen MR) is 154 cm³/mol. The molecule has 2 aromatic heterocycles. The van der Waals surface area contributed by atoms with Gasteiger partial charge >= 0.3 is 0 Å². The first-order valence-corrected chi connectivity index (χ1v) is 15.1. The van der Waals surface area contributed by atoms with Gasteiger partial charge in [-0.1, -0.05) is 79.4 Å². The summed E-state index contributed by atoms with van der Waals surface area (Å²) in [7, 11) is -4.08. The first-order valence-electron chi connectivity index (χ1n) is 13.3. The molecule has 0 spiro atoms. The van der Waals surface area contributed by atoms with Gasteiger partial charge in [0.05, 0.1) is 17.2 Å². The summed E-state index contributed by atoms with van der Waals surface area (Å²) in [6, 6.07) is 14.6. The molecule has 0 aliphatic heterocycles. The first-order chi connectivity index (χ1) is 19.8. The van der Waals surface area contributed by atoms with Crippen LogP contribution in [-0.4, -0.2) is 66.5 Å². The van der Waals surface area contributed by atoms with Crippen LogP contribution >= 0.6 is 11.6 Å². The van der Waals surface area contributed by atoms with Crippen molar-refractivity contribution >= 4 is 33.5 Å². The van der Waals surface area contributed by atoms with E-state index in [9.17, 15) is 18.3 Å². The van der Waals surface area contributed by atoms with Gasteiger partial charge in [0, 0.05) is 19.5 Å². The average molecular weight is 601 g/mol. The third kappa shape index (κ3) is 7.17. The van der Waals surface area contributed by atoms with Crippen LogP contribution in [-0.2, 0) is 40.8 Å². The van der Waals surface area contributed by atoms with Crippen molar-refractivity contribution in [2.24, 2.45) is 0 Å². The SMILES string of the molecule is CCCCc1nc(Cl)c(CO)n1Cc1ccc(S(=O)(=O)N(CC)[C@@H](Cc2ccccc2)C(=O)Nc2nnn[nH]2)cc1. The number of imidazole rings is 1. The lowest BCUT2D eigenvalue weighted by Gasteiger charge is -2.29. The van der Waals surface area contributed by atoms with Crippen molar-refractivity contribution in [3.8, 4) is 0 Å². The second kappa shape index (κ2) is 13.8. The summed E-state index contributed by atoms with van der Waals surface area (Å²) in [6.07, 6.45) is 2.76. The fourth-order valence-electron chi connectivity index (χ4n) is 4.59. The Kier molecular flexibility index (Phi) is 10.2. The molecule has 4 rings (SSSR count). The summed E-state index contributed by atoms with van der Waals surface area (Å²) in [5.74, 6) is 0.222. The summed E-state index contributed by atoms with van der Waals surface area (Å²) in [5, 5.41) is 25.8. The second-order valence-electron chi connectivity index (χ2n) is 9.41. The maximum Gasteiger partial charge on any atom is 0.246 e. The number of H-pyrrole nitrogens is 1. The highest BCUT2D eigenvalue weighted by Gasteiger charge is 2.35. The van der Waals surface area contributed by atoms with Crippen molar-refractivity contribution in [2.45, 2.75) is 63.6 Å². The van der Waals surface area contributed by atoms with E-state index >= 15 is 0 Å². The minimum atomic E-state index is -4.08. The highest BCUT2D eigenvalue weighted by molar-refractivity contribution is 7.89. The smallest absolute Gasteiger partial charge is 0.246 e. The van der Waals surface area contributed by atoms with E-state index in [1.165, 1.54) is 16.4 Å². The van der Waals surface area contributed by atoms with E-state index in [0.717, 1.165) is 29.8 Å². The van der Waals surface area contributed by atoms with Crippen molar-refractivity contribution in [3.63, 3.8) is 0 Å². The molecule has 0 aliphatic rings. The van der Waals surface area contributed by atoms with Gasteiger partial charge in [0.25, 0.3) is 0 Å². The Morgan fingerprint density at radius 3 is 2.46 bits per heavy atom. The molecule has 0 aliphatic carbocycles. The number of amides is 1. The molecule has 1 atom stereocenters. The number of aryl methyl sites for hydroxylation is 1. The molecule has 41 heavy (non-hydrogen) atoms. The minimum Gasteiger partial charge on any atom is -0.390 e. The standard InChI is InChI=1S/C27H33ClN8O4S/c1-3-5-11-24-29-25(28)23(18-37)35(24)17-20-12-14-21(15-13-20)41(39,40)36(4-2)22(16-19-9-7-6-8-10-19)26(38)30-27-31-33-34-32-27/h6-10,12-15,22,37H,3-5,11,16-18H2,1-2H3,(H2,30,31,32,33,34,38)/t22-/m0/s1. The molecule has 4 aromatic rings. The molecular weight excluding hydrogens is 568 g/mol. The Morgan fingerprint density at radius 2 is 1.85 bits per heavy atom. The van der Waals surface area contributed by atoms with Gasteiger partial charge in [0.15, 0.2) is 5.15 Å². The van der Waals surface area contributed by atoms with Crippen LogP contribution in [0, 0.1) is 0 Å². The number of benzene rings is 2. The number of aromatic nitrogens is 6. The van der Waals surface area contributed by atoms with Gasteiger partial charge in [-0.25, -0.2) is 18.5 Å². The maximum absolute atomic E-state index is 13.9. The highest BCUT2D eigenvalue weighted by Crippen LogP contribution is 2.24. The summed E-state index contributed by atoms with van der Waals surface area (Å²) in [6.45, 7) is 3.93. The van der Waals surface area contributed by atoms with Crippen molar-refractivity contribution < 1.29 is 18.3 Å². The number of anilines is 1. The number of rotatable bonds is 14. The number of likely N-dealkylation sites (N-methyl/N-ethyl adjacent to an activating group) is 1. The van der Waals surface area contributed by atoms with Crippen LogP contribution in [0.25, 0.3) is 0 Å². The Hall–Kier alpha value is -3.65. The third-order valence-corrected chi connectivity index (χ3v) is 9.00. The van der Waals surface area contributed by atoms with Crippen LogP contribution < -0.4 is 5.32 Å². The Morgan fingerprint density at radius 1 is 1.12 bits per heavy atom. The average Bonchev–Trinajstić information content (AvgIpc) is 3.59. The molecule has 2 heterocycles. The van der Waals surface area contributed by atoms with Crippen LogP contribution in [0.5, 0.6) is 0 Å². The Bertz CT molecular complexity index is 1530. The molecule has 0 bridgehead atoms. The van der Waals surface area contributed by atoms with Gasteiger partial charge in [0.1, 0.15) is 11.9 Å². The number of aliphatic hydroxyl groups excluding tert-OH is 1. The molecule has 14 heteroatoms. The van der Waals surface area contributed by atoms with E-state index in [1.54, 1.807) is 19.1 Å². The number of tetrazole rings is 1. The number of carbonyl (C=O) groups excluding carboxylic acids is 1. The number of hydrogen-bond acceptors (Lipinski definition) is 8. The van der Waals surface area contributed by atoms with Gasteiger partial charge in [-0.15, -0.1) is 0 Å². The molecule has 218 valence electrons. The summed E-state index contributed by atoms with van der Waals surface area (Å²) in [5.41, 5.74) is 2.12. The molecule has 0 saturated carbocycles. The topological polar surface area (TPSA) is 159 Å². The number of nitrogens with zero attached hydrogens (tertiary/aromatic N) is 6. The summed E-state index contributed by atoms with van der Waals surface area (Å²) >= 11 is 6.27. The number of hydrogen-bond donors (Lipinski definition) is 3. The van der Waals surface area contributed by atoms with Crippen molar-refractivity contribution in [2.75, 3.05) is 11.9 Å². The van der Waals surface area contributed by atoms with Crippen molar-refractivity contribution in [1.82, 2.24) is 34.5 Å². The lowest BCUT2D eigenvalue weighted by Crippen LogP contribution is -2.48. The number of aromatic amines is 1. The zero-order chi connectivity index (χ0) is 29.4. The van der Waals surface area contributed by atoms with Gasteiger partial charge < -0.3 is 9.67 Å². The van der Waals surface area contributed by atoms with Crippen LogP contribution in [0.4, 0.5) is 5.95 Å². The molecular formula is C27H33ClN8O4S. The van der Waals surface area contributed by atoms with Crippen LogP contribution in [0.2, 0.25) is 5.15 Å². The quantitative estimate of drug-likeness (QED) is 0.199. The van der Waals surface area contributed by atoms with E-state index in [1.807, 2.05) is 34.9 Å². The van der Waals surface area contributed by atoms with Gasteiger partial charge in [-0.05, 0) is 46.5 Å². The van der Waals surface area contributed by atoms with Crippen LogP contribution in [0.1, 0.15) is 49.3 Å². The zero-order valence-corrected chi connectivity index (χ0v) is 24.4. The Balaban J connectivity index is 1.61. The van der Waals surface area contributed by atoms with Crippen LogP contribution in [0.15, 0.2) is 59.5 Å². The molecule has 0 fully saturated rings. The van der Waals surface area contributed by atoms with E-state index in [2.05, 4.69) is 37.8 Å². The molecule has 3 N–H and O–H groups in total. The highest BCUT2D eigenvalue weighted by atomic mass is 35.5. The van der Waals surface area contributed by atoms with E-state index in [0.29, 0.717) is 18.7 Å². The van der Waals surface area contributed by atoms with Gasteiger partial charge in [0.2, 0.25) is 21.9 Å². The minimum absolute atomic E-state index is 0.0195. The van der Waals surface area contributed by atoms with Gasteiger partial charge in [-0.2, -0.15) is 4.31 Å². The number of aliphatic hydroxyl groups is 1. The number of carbonyl (C=O) groups is 1. The normalized spacial score (nSPS) is 12.5. The predicted octanol–water partition coefficient (Wildman–Crippen LogP) is 3.19. The fourth-order valence-corrected chi connectivity index (χ4v) is 6.44. The lowest BCUT2D eigenvalue weighted by atomic mass is 10.1. The number of halogens is 1. The molecule has 0 radical (unpaired) electrons. The van der Waals surface area contributed by atoms with Crippen LogP contribution in [0.3, 0.4) is 0 Å². The first kappa shape index (κ1) is 30.3. The Labute approximate surface area is 243 Å². The largest absolute Gasteiger partial charge is 0.390 e. The fraction of sp³-hybridized carbons (Fsp3) is 0.370. The van der Waals surface area contributed by atoms with Gasteiger partial charge in [-0.3, -0.25) is 10.1 Å². The lowest BCUT2D eigenvalue weighted by molar-refractivity contribution is -0.119. The van der Waals surface area contributed by atoms with E-state index in [-0.39, 0.29) is 35.6 Å². The molecule has 0 saturated heterocycles.